The topological polar surface area (TPSA) is 132 Å². The summed E-state index contributed by atoms with van der Waals surface area (Å²) in [6.45, 7) is 5.77. The minimum atomic E-state index is -0.628. The summed E-state index contributed by atoms with van der Waals surface area (Å²) in [6.07, 6.45) is -0.992. The average Bonchev–Trinajstić information content (AvgIpc) is 3.37. The Kier molecular flexibility index (Phi) is 10.3. The van der Waals surface area contributed by atoms with E-state index in [0.717, 1.165) is 26.0 Å². The largest absolute Gasteiger partial charge is 0.465 e. The molecule has 2 heterocycles. The molecule has 2 aromatic carbocycles. The van der Waals surface area contributed by atoms with Crippen molar-refractivity contribution in [3.8, 4) is 0 Å². The molecule has 2 amide bonds. The highest BCUT2D eigenvalue weighted by Gasteiger charge is 2.38. The van der Waals surface area contributed by atoms with Crippen molar-refractivity contribution in [2.24, 2.45) is 5.92 Å². The second-order valence-electron chi connectivity index (χ2n) is 8.95. The molecule has 0 aliphatic carbocycles. The molecule has 0 radical (unpaired) electrons. The van der Waals surface area contributed by atoms with Gasteiger partial charge in [-0.2, -0.15) is 0 Å². The van der Waals surface area contributed by atoms with Gasteiger partial charge in [0.05, 0.1) is 25.4 Å². The molecule has 3 N–H and O–H groups in total. The lowest BCUT2D eigenvalue weighted by atomic mass is 9.91. The fraction of sp³-hybridized carbons (Fsp3) is 0.407. The van der Waals surface area contributed by atoms with Gasteiger partial charge in [0.1, 0.15) is 11.6 Å². The van der Waals surface area contributed by atoms with Crippen molar-refractivity contribution in [3.05, 3.63) is 70.2 Å². The van der Waals surface area contributed by atoms with Crippen molar-refractivity contribution in [2.75, 3.05) is 24.2 Å². The summed E-state index contributed by atoms with van der Waals surface area (Å²) in [5, 5.41) is 23.8. The number of carbonyl (C=O) groups is 2. The maximum Gasteiger partial charge on any atom is 0.325 e. The quantitative estimate of drug-likeness (QED) is 0.235. The Morgan fingerprint density at radius 1 is 1.08 bits per heavy atom. The molecule has 0 spiro atoms. The highest BCUT2D eigenvalue weighted by molar-refractivity contribution is 8.01. The van der Waals surface area contributed by atoms with Gasteiger partial charge in [0, 0.05) is 22.9 Å². The van der Waals surface area contributed by atoms with Gasteiger partial charge in [0.25, 0.3) is 0 Å². The van der Waals surface area contributed by atoms with Crippen LogP contribution in [0.3, 0.4) is 0 Å². The smallest absolute Gasteiger partial charge is 0.325 e. The molecule has 4 rings (SSSR count). The number of aliphatic hydroxyl groups excluding tert-OH is 1. The van der Waals surface area contributed by atoms with Crippen LogP contribution in [0.2, 0.25) is 0 Å². The first-order valence-corrected chi connectivity index (χ1v) is 14.4. The predicted octanol–water partition coefficient (Wildman–Crippen LogP) is 4.61. The Hall–Kier alpha value is -3.03. The number of anilines is 1. The Morgan fingerprint density at radius 3 is 2.44 bits per heavy atom. The van der Waals surface area contributed by atoms with E-state index in [-0.39, 0.29) is 37.9 Å². The van der Waals surface area contributed by atoms with E-state index in [4.69, 9.17) is 14.2 Å². The fourth-order valence-electron chi connectivity index (χ4n) is 4.06. The molecule has 1 aromatic heterocycles. The van der Waals surface area contributed by atoms with Gasteiger partial charge in [-0.25, -0.2) is 4.79 Å². The number of thioether (sulfide) groups is 1. The van der Waals surface area contributed by atoms with Gasteiger partial charge in [-0.05, 0) is 37.1 Å². The third kappa shape index (κ3) is 7.99. The van der Waals surface area contributed by atoms with E-state index < -0.39 is 18.3 Å². The summed E-state index contributed by atoms with van der Waals surface area (Å²) in [6, 6.07) is 14.4. The van der Waals surface area contributed by atoms with E-state index in [0.29, 0.717) is 11.4 Å². The lowest BCUT2D eigenvalue weighted by molar-refractivity contribution is -0.268. The molecule has 10 nitrogen and oxygen atoms in total. The van der Waals surface area contributed by atoms with Gasteiger partial charge >= 0.3 is 12.0 Å². The molecular formula is C27H32N4O6S2. The lowest BCUT2D eigenvalue weighted by Crippen LogP contribution is -2.38. The molecular weight excluding hydrogens is 540 g/mol. The number of ether oxygens (including phenoxy) is 3. The van der Waals surface area contributed by atoms with Crippen LogP contribution in [0.5, 0.6) is 0 Å². The number of amides is 2. The van der Waals surface area contributed by atoms with Crippen molar-refractivity contribution >= 4 is 40.8 Å². The number of hydrogen-bond acceptors (Lipinski definition) is 10. The SMILES string of the molecule is CCOC(=O)CNC(=O)Nc1ccc([C@@H]2O[C@H](CSc3nnc(C)s3)[C@H](C)[C@H](c3ccc(CO)cc3)O2)cc1. The Bertz CT molecular complexity index is 1240. The Labute approximate surface area is 235 Å². The Balaban J connectivity index is 1.46. The molecule has 0 saturated carbocycles. The van der Waals surface area contributed by atoms with E-state index >= 15 is 0 Å². The van der Waals surface area contributed by atoms with Crippen molar-refractivity contribution in [2.45, 2.75) is 50.2 Å². The number of aromatic nitrogens is 2. The molecule has 0 bridgehead atoms. The van der Waals surface area contributed by atoms with Crippen LogP contribution in [0.1, 0.15) is 47.9 Å². The normalized spacial score (nSPS) is 20.8. The van der Waals surface area contributed by atoms with E-state index in [2.05, 4.69) is 27.8 Å². The van der Waals surface area contributed by atoms with Crippen LogP contribution in [-0.2, 0) is 25.6 Å². The zero-order chi connectivity index (χ0) is 27.8. The van der Waals surface area contributed by atoms with E-state index in [1.165, 1.54) is 0 Å². The maximum absolute atomic E-state index is 12.1. The zero-order valence-corrected chi connectivity index (χ0v) is 23.6. The predicted molar refractivity (Wildman–Crippen MR) is 148 cm³/mol. The minimum absolute atomic E-state index is 0.0190. The monoisotopic (exact) mass is 572 g/mol. The third-order valence-electron chi connectivity index (χ3n) is 6.14. The molecule has 12 heteroatoms. The summed E-state index contributed by atoms with van der Waals surface area (Å²) in [5.41, 5.74) is 3.20. The number of carbonyl (C=O) groups excluding carboxylic acids is 2. The number of aryl methyl sites for hydroxylation is 1. The summed E-state index contributed by atoms with van der Waals surface area (Å²) in [5.74, 6) is 0.228. The van der Waals surface area contributed by atoms with Gasteiger partial charge in [-0.15, -0.1) is 10.2 Å². The molecule has 0 unspecified atom stereocenters. The van der Waals surface area contributed by atoms with Gasteiger partial charge in [0.2, 0.25) is 0 Å². The van der Waals surface area contributed by atoms with Crippen LogP contribution >= 0.6 is 23.1 Å². The molecule has 1 fully saturated rings. The van der Waals surface area contributed by atoms with E-state index in [9.17, 15) is 14.7 Å². The van der Waals surface area contributed by atoms with Crippen LogP contribution in [-0.4, -0.2) is 52.3 Å². The average molecular weight is 573 g/mol. The number of urea groups is 1. The van der Waals surface area contributed by atoms with E-state index in [1.807, 2.05) is 43.3 Å². The van der Waals surface area contributed by atoms with Gasteiger partial charge in [-0.1, -0.05) is 66.4 Å². The second-order valence-corrected chi connectivity index (χ2v) is 11.4. The molecule has 39 heavy (non-hydrogen) atoms. The van der Waals surface area contributed by atoms with Gasteiger partial charge < -0.3 is 30.0 Å². The summed E-state index contributed by atoms with van der Waals surface area (Å²) in [4.78, 5) is 23.6. The first-order valence-electron chi connectivity index (χ1n) is 12.6. The van der Waals surface area contributed by atoms with Crippen LogP contribution in [0.4, 0.5) is 10.5 Å². The second kappa shape index (κ2) is 13.9. The first-order chi connectivity index (χ1) is 18.9. The number of hydrogen-bond donors (Lipinski definition) is 3. The Morgan fingerprint density at radius 2 is 1.79 bits per heavy atom. The summed E-state index contributed by atoms with van der Waals surface area (Å²) in [7, 11) is 0. The van der Waals surface area contributed by atoms with Crippen LogP contribution in [0, 0.1) is 12.8 Å². The minimum Gasteiger partial charge on any atom is -0.465 e. The molecule has 3 aromatic rings. The summed E-state index contributed by atoms with van der Waals surface area (Å²) >= 11 is 3.17. The molecule has 4 atom stereocenters. The zero-order valence-electron chi connectivity index (χ0n) is 22.0. The van der Waals surface area contributed by atoms with Crippen LogP contribution in [0.15, 0.2) is 52.9 Å². The molecule has 1 aliphatic rings. The maximum atomic E-state index is 12.1. The van der Waals surface area contributed by atoms with Crippen molar-refractivity contribution < 1.29 is 28.9 Å². The molecule has 1 saturated heterocycles. The highest BCUT2D eigenvalue weighted by atomic mass is 32.2. The number of rotatable bonds is 10. The molecule has 1 aliphatic heterocycles. The number of aliphatic hydroxyl groups is 1. The van der Waals surface area contributed by atoms with Crippen molar-refractivity contribution in [1.29, 1.82) is 0 Å². The van der Waals surface area contributed by atoms with Crippen molar-refractivity contribution in [1.82, 2.24) is 15.5 Å². The number of benzene rings is 2. The van der Waals surface area contributed by atoms with E-state index in [1.54, 1.807) is 42.2 Å². The number of esters is 1. The molecule has 208 valence electrons. The van der Waals surface area contributed by atoms with Crippen molar-refractivity contribution in [3.63, 3.8) is 0 Å². The summed E-state index contributed by atoms with van der Waals surface area (Å²) < 4.78 is 18.6. The first kappa shape index (κ1) is 29.0. The van der Waals surface area contributed by atoms with Gasteiger partial charge in [0.15, 0.2) is 10.6 Å². The number of nitrogens with one attached hydrogen (secondary N) is 2. The number of nitrogens with zero attached hydrogens (tertiary/aromatic N) is 2. The van der Waals surface area contributed by atoms with Crippen LogP contribution < -0.4 is 10.6 Å². The third-order valence-corrected chi connectivity index (χ3v) is 8.20. The fourth-order valence-corrected chi connectivity index (χ4v) is 6.07. The van der Waals surface area contributed by atoms with Crippen LogP contribution in [0.25, 0.3) is 0 Å². The van der Waals surface area contributed by atoms with Gasteiger partial charge in [-0.3, -0.25) is 4.79 Å². The highest BCUT2D eigenvalue weighted by Crippen LogP contribution is 2.43. The standard InChI is InChI=1S/C27H32N4O6S2/c1-4-35-23(33)13-28-26(34)29-21-11-9-20(10-12-21)25-36-22(15-38-27-31-30-17(3)39-27)16(2)24(37-25)19-7-5-18(14-32)6-8-19/h5-12,16,22,24-25,32H,4,13-15H2,1-3H3,(H2,28,29,34)/t16-,22+,24+,25+/m0/s1. The lowest BCUT2D eigenvalue weighted by Gasteiger charge is -2.41.